The highest BCUT2D eigenvalue weighted by atomic mass is 35.5. The number of hydrogen-bond donors (Lipinski definition) is 0. The van der Waals surface area contributed by atoms with Gasteiger partial charge in [-0.1, -0.05) is 76.9 Å². The van der Waals surface area contributed by atoms with E-state index in [4.69, 9.17) is 32.7 Å². The second-order valence-corrected chi connectivity index (χ2v) is 14.7. The van der Waals surface area contributed by atoms with Crippen molar-refractivity contribution in [3.05, 3.63) is 56.2 Å². The van der Waals surface area contributed by atoms with Crippen LogP contribution in [0.4, 0.5) is 0 Å². The minimum Gasteiger partial charge on any atom is -0.465 e. The fourth-order valence-corrected chi connectivity index (χ4v) is 6.70. The number of thioether (sulfide) groups is 1. The lowest BCUT2D eigenvalue weighted by atomic mass is 9.93. The number of carbonyl (C=O) groups excluding carboxylic acids is 2. The Labute approximate surface area is 239 Å². The maximum absolute atomic E-state index is 14.1. The first-order chi connectivity index (χ1) is 17.4. The van der Waals surface area contributed by atoms with E-state index in [-0.39, 0.29) is 29.0 Å². The van der Waals surface area contributed by atoms with E-state index >= 15 is 0 Å². The molecule has 1 amide bonds. The lowest BCUT2D eigenvalue weighted by molar-refractivity contribution is -0.183. The van der Waals surface area contributed by atoms with Crippen molar-refractivity contribution in [1.82, 2.24) is 4.90 Å². The monoisotopic (exact) mass is 585 g/mol. The highest BCUT2D eigenvalue weighted by Crippen LogP contribution is 2.47. The van der Waals surface area contributed by atoms with Gasteiger partial charge in [-0.3, -0.25) is 9.59 Å². The average Bonchev–Trinajstić information content (AvgIpc) is 3.25. The zero-order chi connectivity index (χ0) is 27.3. The van der Waals surface area contributed by atoms with Crippen LogP contribution in [-0.2, 0) is 19.1 Å². The number of halogens is 2. The minimum absolute atomic E-state index is 0.0386. The average molecular weight is 587 g/mol. The summed E-state index contributed by atoms with van der Waals surface area (Å²) in [6.45, 7) is 12.9. The normalized spacial score (nSPS) is 21.4. The molecule has 2 heterocycles. The third kappa shape index (κ3) is 8.37. The highest BCUT2D eigenvalue weighted by molar-refractivity contribution is 8.00. The Bertz CT molecular complexity index is 1070. The molecule has 37 heavy (non-hydrogen) atoms. The second kappa shape index (κ2) is 13.2. The molecule has 1 aliphatic rings. The summed E-state index contributed by atoms with van der Waals surface area (Å²) in [4.78, 5) is 29.7. The van der Waals surface area contributed by atoms with Crippen LogP contribution >= 0.6 is 46.3 Å². The third-order valence-corrected chi connectivity index (χ3v) is 8.95. The Kier molecular flexibility index (Phi) is 10.8. The summed E-state index contributed by atoms with van der Waals surface area (Å²) in [7, 11) is 0. The van der Waals surface area contributed by atoms with Gasteiger partial charge in [0.25, 0.3) is 5.91 Å². The second-order valence-electron chi connectivity index (χ2n) is 10.7. The van der Waals surface area contributed by atoms with E-state index in [2.05, 4.69) is 27.7 Å². The van der Waals surface area contributed by atoms with Crippen molar-refractivity contribution in [2.45, 2.75) is 83.4 Å². The molecule has 204 valence electrons. The van der Waals surface area contributed by atoms with Crippen LogP contribution in [0.15, 0.2) is 36.4 Å². The van der Waals surface area contributed by atoms with E-state index in [1.807, 2.05) is 66.9 Å². The van der Waals surface area contributed by atoms with Crippen LogP contribution in [0.3, 0.4) is 0 Å². The smallest absolute Gasteiger partial charge is 0.308 e. The molecule has 4 atom stereocenters. The van der Waals surface area contributed by atoms with Crippen LogP contribution in [0, 0.1) is 5.92 Å². The van der Waals surface area contributed by atoms with Crippen molar-refractivity contribution in [1.29, 1.82) is 0 Å². The molecule has 0 saturated carbocycles. The van der Waals surface area contributed by atoms with E-state index in [1.165, 1.54) is 11.3 Å². The molecule has 9 heteroatoms. The lowest BCUT2D eigenvalue weighted by Gasteiger charge is -2.47. The summed E-state index contributed by atoms with van der Waals surface area (Å²) in [6.07, 6.45) is -0.858. The quantitative estimate of drug-likeness (QED) is 0.265. The molecular formula is C28H37Cl2NO4S2. The highest BCUT2D eigenvalue weighted by Gasteiger charge is 2.47. The minimum atomic E-state index is -0.955. The summed E-state index contributed by atoms with van der Waals surface area (Å²) < 4.78 is 12.6. The van der Waals surface area contributed by atoms with Crippen LogP contribution in [-0.4, -0.2) is 46.0 Å². The first kappa shape index (κ1) is 30.3. The number of rotatable bonds is 10. The zero-order valence-corrected chi connectivity index (χ0v) is 25.5. The summed E-state index contributed by atoms with van der Waals surface area (Å²) in [5.41, 5.74) is 0.846. The standard InChI is InChI=1S/C28H37Cl2NO4S2/c1-7-20(16-36-28(4,5)6)31-25(22-11-12-23(30)37-22)26(18-9-8-10-19(29)13-18)35-21(27(31)33)14-24(32)34-15-17(2)3/h8-13,17,20-21,25-26H,7,14-16H2,1-6H3/t20?,21?,25?,26-/m1/s1. The lowest BCUT2D eigenvalue weighted by Crippen LogP contribution is -2.55. The number of morpholine rings is 1. The van der Waals surface area contributed by atoms with Crippen molar-refractivity contribution in [2.24, 2.45) is 5.92 Å². The Balaban J connectivity index is 2.06. The molecule has 1 fully saturated rings. The first-order valence-corrected chi connectivity index (χ1v) is 15.2. The zero-order valence-electron chi connectivity index (χ0n) is 22.3. The summed E-state index contributed by atoms with van der Waals surface area (Å²) in [6, 6.07) is 10.8. The van der Waals surface area contributed by atoms with Crippen LogP contribution in [0.2, 0.25) is 9.36 Å². The molecule has 0 spiro atoms. The molecule has 0 aliphatic carbocycles. The molecule has 0 N–H and O–H groups in total. The van der Waals surface area contributed by atoms with E-state index in [0.29, 0.717) is 16.0 Å². The number of hydrogen-bond acceptors (Lipinski definition) is 6. The van der Waals surface area contributed by atoms with Gasteiger partial charge in [0.2, 0.25) is 0 Å². The summed E-state index contributed by atoms with van der Waals surface area (Å²) >= 11 is 16.0. The number of amides is 1. The van der Waals surface area contributed by atoms with E-state index < -0.39 is 24.2 Å². The van der Waals surface area contributed by atoms with Gasteiger partial charge in [-0.2, -0.15) is 11.8 Å². The predicted molar refractivity (Wildman–Crippen MR) is 155 cm³/mol. The van der Waals surface area contributed by atoms with Crippen molar-refractivity contribution >= 4 is 58.2 Å². The molecule has 3 rings (SSSR count). The van der Waals surface area contributed by atoms with Gasteiger partial charge < -0.3 is 14.4 Å². The Morgan fingerprint density at radius 2 is 1.95 bits per heavy atom. The fraction of sp³-hybridized carbons (Fsp3) is 0.571. The SMILES string of the molecule is CCC(CSC(C)(C)C)N1C(=O)C(CC(=O)OCC(C)C)O[C@H](c2cccc(Cl)c2)C1c1ccc(Cl)s1. The van der Waals surface area contributed by atoms with Gasteiger partial charge >= 0.3 is 5.97 Å². The van der Waals surface area contributed by atoms with Crippen LogP contribution < -0.4 is 0 Å². The van der Waals surface area contributed by atoms with Crippen molar-refractivity contribution in [3.8, 4) is 0 Å². The third-order valence-electron chi connectivity index (χ3n) is 5.99. The molecule has 0 radical (unpaired) electrons. The van der Waals surface area contributed by atoms with Gasteiger partial charge in [-0.25, -0.2) is 0 Å². The van der Waals surface area contributed by atoms with Gasteiger partial charge in [0, 0.05) is 26.4 Å². The Morgan fingerprint density at radius 1 is 1.22 bits per heavy atom. The summed E-state index contributed by atoms with van der Waals surface area (Å²) in [5.74, 6) is 0.324. The van der Waals surface area contributed by atoms with Crippen LogP contribution in [0.25, 0.3) is 0 Å². The first-order valence-electron chi connectivity index (χ1n) is 12.7. The number of thiophene rings is 1. The Hall–Kier alpha value is -1.25. The summed E-state index contributed by atoms with van der Waals surface area (Å²) in [5, 5.41) is 0.579. The Morgan fingerprint density at radius 3 is 2.51 bits per heavy atom. The fourth-order valence-electron chi connectivity index (χ4n) is 4.23. The van der Waals surface area contributed by atoms with Gasteiger partial charge in [-0.05, 0) is 42.2 Å². The number of ether oxygens (including phenoxy) is 2. The largest absolute Gasteiger partial charge is 0.465 e. The van der Waals surface area contributed by atoms with Crippen LogP contribution in [0.5, 0.6) is 0 Å². The van der Waals surface area contributed by atoms with Crippen molar-refractivity contribution < 1.29 is 19.1 Å². The van der Waals surface area contributed by atoms with Gasteiger partial charge in [0.1, 0.15) is 12.2 Å². The molecule has 1 aromatic heterocycles. The van der Waals surface area contributed by atoms with E-state index in [1.54, 1.807) is 0 Å². The molecule has 0 bridgehead atoms. The van der Waals surface area contributed by atoms with Crippen molar-refractivity contribution in [3.63, 3.8) is 0 Å². The molecule has 1 aliphatic heterocycles. The number of benzene rings is 1. The van der Waals surface area contributed by atoms with Crippen molar-refractivity contribution in [2.75, 3.05) is 12.4 Å². The molecule has 1 aromatic carbocycles. The van der Waals surface area contributed by atoms with E-state index in [9.17, 15) is 9.59 Å². The van der Waals surface area contributed by atoms with Gasteiger partial charge in [-0.15, -0.1) is 11.3 Å². The molecule has 2 aromatic rings. The number of nitrogens with zero attached hydrogens (tertiary/aromatic N) is 1. The molecule has 1 saturated heterocycles. The van der Waals surface area contributed by atoms with Gasteiger partial charge in [0.15, 0.2) is 0 Å². The topological polar surface area (TPSA) is 55.8 Å². The maximum Gasteiger partial charge on any atom is 0.308 e. The molecule has 3 unspecified atom stereocenters. The van der Waals surface area contributed by atoms with Gasteiger partial charge in [0.05, 0.1) is 23.4 Å². The number of esters is 1. The number of carbonyl (C=O) groups is 2. The molecular weight excluding hydrogens is 549 g/mol. The van der Waals surface area contributed by atoms with Crippen LogP contribution in [0.1, 0.15) is 77.0 Å². The maximum atomic E-state index is 14.1. The van der Waals surface area contributed by atoms with E-state index in [0.717, 1.165) is 22.6 Å². The predicted octanol–water partition coefficient (Wildman–Crippen LogP) is 7.96. The molecule has 5 nitrogen and oxygen atoms in total.